The van der Waals surface area contributed by atoms with Gasteiger partial charge in [-0.2, -0.15) is 5.10 Å². The van der Waals surface area contributed by atoms with Gasteiger partial charge >= 0.3 is 0 Å². The van der Waals surface area contributed by atoms with E-state index in [0.717, 1.165) is 36.4 Å². The van der Waals surface area contributed by atoms with Crippen LogP contribution in [0.3, 0.4) is 0 Å². The smallest absolute Gasteiger partial charge is 0.155 e. The van der Waals surface area contributed by atoms with Gasteiger partial charge in [0.1, 0.15) is 0 Å². The number of nitrogens with one attached hydrogen (secondary N) is 1. The van der Waals surface area contributed by atoms with E-state index in [1.165, 1.54) is 11.3 Å². The highest BCUT2D eigenvalue weighted by Crippen LogP contribution is 2.21. The minimum Gasteiger partial charge on any atom is -0.312 e. The van der Waals surface area contributed by atoms with E-state index < -0.39 is 0 Å². The first-order valence-corrected chi connectivity index (χ1v) is 6.39. The van der Waals surface area contributed by atoms with Gasteiger partial charge in [0.05, 0.1) is 11.4 Å². The number of pyridine rings is 1. The maximum absolute atomic E-state index is 4.69. The maximum Gasteiger partial charge on any atom is 0.155 e. The third-order valence-electron chi connectivity index (χ3n) is 3.50. The first-order chi connectivity index (χ1) is 9.42. The Morgan fingerprint density at radius 3 is 3.00 bits per heavy atom. The molecule has 94 valence electrons. The molecule has 0 aromatic carbocycles. The van der Waals surface area contributed by atoms with Crippen molar-refractivity contribution < 1.29 is 0 Å². The molecule has 4 heterocycles. The van der Waals surface area contributed by atoms with Crippen LogP contribution in [0.1, 0.15) is 11.3 Å². The summed E-state index contributed by atoms with van der Waals surface area (Å²) in [5, 5.41) is 8.05. The van der Waals surface area contributed by atoms with Gasteiger partial charge in [-0.05, 0) is 12.1 Å². The number of hydrogen-bond acceptors (Lipinski definition) is 4. The van der Waals surface area contributed by atoms with E-state index in [1.807, 2.05) is 28.9 Å². The van der Waals surface area contributed by atoms with E-state index in [2.05, 4.69) is 15.3 Å². The lowest BCUT2D eigenvalue weighted by Gasteiger charge is -2.16. The minimum absolute atomic E-state index is 0.878. The van der Waals surface area contributed by atoms with Crippen molar-refractivity contribution in [3.63, 3.8) is 0 Å². The summed E-state index contributed by atoms with van der Waals surface area (Å²) in [6.07, 6.45) is 6.51. The van der Waals surface area contributed by atoms with Gasteiger partial charge in [0.25, 0.3) is 0 Å². The molecule has 0 saturated carbocycles. The van der Waals surface area contributed by atoms with Gasteiger partial charge in [-0.15, -0.1) is 0 Å². The molecule has 1 aliphatic rings. The summed E-state index contributed by atoms with van der Waals surface area (Å²) in [4.78, 5) is 8.52. The minimum atomic E-state index is 0.878. The van der Waals surface area contributed by atoms with Crippen molar-refractivity contribution in [2.24, 2.45) is 0 Å². The highest BCUT2D eigenvalue weighted by Gasteiger charge is 2.15. The lowest BCUT2D eigenvalue weighted by atomic mass is 10.1. The molecule has 0 atom stereocenters. The van der Waals surface area contributed by atoms with Crippen molar-refractivity contribution >= 4 is 5.65 Å². The van der Waals surface area contributed by atoms with E-state index >= 15 is 0 Å². The van der Waals surface area contributed by atoms with Crippen molar-refractivity contribution in [1.82, 2.24) is 24.9 Å². The van der Waals surface area contributed by atoms with E-state index in [0.29, 0.717) is 0 Å². The van der Waals surface area contributed by atoms with Crippen LogP contribution in [-0.4, -0.2) is 26.1 Å². The Morgan fingerprint density at radius 1 is 1.21 bits per heavy atom. The molecule has 0 amide bonds. The van der Waals surface area contributed by atoms with Gasteiger partial charge in [-0.3, -0.25) is 4.98 Å². The van der Waals surface area contributed by atoms with Gasteiger partial charge < -0.3 is 5.32 Å². The third-order valence-corrected chi connectivity index (χ3v) is 3.50. The zero-order valence-corrected chi connectivity index (χ0v) is 10.4. The van der Waals surface area contributed by atoms with Crippen molar-refractivity contribution in [2.75, 3.05) is 6.54 Å². The largest absolute Gasteiger partial charge is 0.312 e. The van der Waals surface area contributed by atoms with Gasteiger partial charge in [-0.25, -0.2) is 9.50 Å². The lowest BCUT2D eigenvalue weighted by molar-refractivity contribution is 0.610. The molecule has 19 heavy (non-hydrogen) atoms. The SMILES string of the molecule is c1cc(-c2cc3ncc4c(n3n2)CCNC4)ccn1. The molecule has 0 bridgehead atoms. The Labute approximate surface area is 110 Å². The summed E-state index contributed by atoms with van der Waals surface area (Å²) in [5.41, 5.74) is 5.43. The zero-order valence-electron chi connectivity index (χ0n) is 10.4. The van der Waals surface area contributed by atoms with Crippen molar-refractivity contribution in [2.45, 2.75) is 13.0 Å². The standard InChI is InChI=1S/C14H13N5/c1-4-15-5-2-10(1)12-7-14-17-9-11-8-16-6-3-13(11)19(14)18-12/h1-2,4-5,7,9,16H,3,6,8H2. The zero-order chi connectivity index (χ0) is 12.7. The van der Waals surface area contributed by atoms with Crippen LogP contribution in [0, 0.1) is 0 Å². The quantitative estimate of drug-likeness (QED) is 0.711. The summed E-state index contributed by atoms with van der Waals surface area (Å²) in [6.45, 7) is 1.87. The van der Waals surface area contributed by atoms with Crippen molar-refractivity contribution in [3.05, 3.63) is 48.0 Å². The summed E-state index contributed by atoms with van der Waals surface area (Å²) >= 11 is 0. The van der Waals surface area contributed by atoms with Crippen LogP contribution in [0.25, 0.3) is 16.9 Å². The molecule has 0 radical (unpaired) electrons. The van der Waals surface area contributed by atoms with E-state index in [4.69, 9.17) is 5.10 Å². The molecule has 5 heteroatoms. The molecular weight excluding hydrogens is 238 g/mol. The molecule has 0 spiro atoms. The molecule has 4 rings (SSSR count). The molecule has 5 nitrogen and oxygen atoms in total. The second kappa shape index (κ2) is 4.13. The van der Waals surface area contributed by atoms with Gasteiger partial charge in [0.2, 0.25) is 0 Å². The predicted molar refractivity (Wildman–Crippen MR) is 71.6 cm³/mol. The highest BCUT2D eigenvalue weighted by molar-refractivity contribution is 5.63. The molecule has 0 aliphatic carbocycles. The second-order valence-corrected chi connectivity index (χ2v) is 4.69. The molecule has 0 saturated heterocycles. The highest BCUT2D eigenvalue weighted by atomic mass is 15.3. The Hall–Kier alpha value is -2.27. The van der Waals surface area contributed by atoms with Crippen molar-refractivity contribution in [3.8, 4) is 11.3 Å². The summed E-state index contributed by atoms with van der Waals surface area (Å²) in [7, 11) is 0. The molecule has 1 aliphatic heterocycles. The van der Waals surface area contributed by atoms with E-state index in [-0.39, 0.29) is 0 Å². The number of nitrogens with zero attached hydrogens (tertiary/aromatic N) is 4. The summed E-state index contributed by atoms with van der Waals surface area (Å²) in [5.74, 6) is 0. The van der Waals surface area contributed by atoms with E-state index in [9.17, 15) is 0 Å². The fourth-order valence-corrected chi connectivity index (χ4v) is 2.52. The average molecular weight is 251 g/mol. The third kappa shape index (κ3) is 1.70. The van der Waals surface area contributed by atoms with Crippen LogP contribution in [0.4, 0.5) is 0 Å². The summed E-state index contributed by atoms with van der Waals surface area (Å²) in [6, 6.07) is 5.96. The Morgan fingerprint density at radius 2 is 2.11 bits per heavy atom. The van der Waals surface area contributed by atoms with Gasteiger partial charge in [0.15, 0.2) is 5.65 Å². The number of aromatic nitrogens is 4. The first kappa shape index (κ1) is 10.6. The van der Waals surface area contributed by atoms with Crippen LogP contribution in [-0.2, 0) is 13.0 Å². The monoisotopic (exact) mass is 251 g/mol. The number of fused-ring (bicyclic) bond motifs is 3. The lowest BCUT2D eigenvalue weighted by Crippen LogP contribution is -2.26. The van der Waals surface area contributed by atoms with Crippen LogP contribution >= 0.6 is 0 Å². The number of hydrogen-bond donors (Lipinski definition) is 1. The molecule has 3 aromatic rings. The predicted octanol–water partition coefficient (Wildman–Crippen LogP) is 1.44. The first-order valence-electron chi connectivity index (χ1n) is 6.39. The molecular formula is C14H13N5. The normalized spacial score (nSPS) is 14.5. The van der Waals surface area contributed by atoms with Crippen LogP contribution in [0.5, 0.6) is 0 Å². The summed E-state index contributed by atoms with van der Waals surface area (Å²) < 4.78 is 1.98. The molecule has 0 fully saturated rings. The second-order valence-electron chi connectivity index (χ2n) is 4.69. The Bertz CT molecular complexity index is 732. The topological polar surface area (TPSA) is 55.1 Å². The average Bonchev–Trinajstić information content (AvgIpc) is 2.93. The van der Waals surface area contributed by atoms with Crippen LogP contribution in [0.15, 0.2) is 36.8 Å². The van der Waals surface area contributed by atoms with Crippen LogP contribution in [0.2, 0.25) is 0 Å². The maximum atomic E-state index is 4.69. The van der Waals surface area contributed by atoms with Crippen molar-refractivity contribution in [1.29, 1.82) is 0 Å². The van der Waals surface area contributed by atoms with E-state index in [1.54, 1.807) is 12.4 Å². The Kier molecular flexibility index (Phi) is 2.31. The number of rotatable bonds is 1. The fourth-order valence-electron chi connectivity index (χ4n) is 2.52. The van der Waals surface area contributed by atoms with Gasteiger partial charge in [-0.1, -0.05) is 0 Å². The van der Waals surface area contributed by atoms with Crippen LogP contribution < -0.4 is 5.32 Å². The molecule has 0 unspecified atom stereocenters. The Balaban J connectivity index is 1.92. The van der Waals surface area contributed by atoms with Gasteiger partial charge in [0, 0.05) is 55.3 Å². The fraction of sp³-hybridized carbons (Fsp3) is 0.214. The molecule has 1 N–H and O–H groups in total. The molecule has 3 aromatic heterocycles.